The van der Waals surface area contributed by atoms with Crippen molar-refractivity contribution in [1.29, 1.82) is 0 Å². The molecular formula is C14H15Cl2NO2. The lowest BCUT2D eigenvalue weighted by molar-refractivity contribution is -0.0793. The van der Waals surface area contributed by atoms with Gasteiger partial charge in [-0.05, 0) is 30.7 Å². The van der Waals surface area contributed by atoms with E-state index in [1.54, 1.807) is 29.5 Å². The van der Waals surface area contributed by atoms with Gasteiger partial charge in [-0.3, -0.25) is 0 Å². The maximum Gasteiger partial charge on any atom is 0.167 e. The molecule has 3 nitrogen and oxygen atoms in total. The van der Waals surface area contributed by atoms with Crippen molar-refractivity contribution in [3.05, 3.63) is 52.4 Å². The van der Waals surface area contributed by atoms with Gasteiger partial charge in [0.25, 0.3) is 0 Å². The highest BCUT2D eigenvalue weighted by Crippen LogP contribution is 2.33. The molecule has 0 aliphatic carbocycles. The van der Waals surface area contributed by atoms with Crippen LogP contribution < -0.4 is 4.84 Å². The zero-order valence-electron chi connectivity index (χ0n) is 10.8. The summed E-state index contributed by atoms with van der Waals surface area (Å²) in [6.07, 6.45) is 2.50. The molecule has 1 unspecified atom stereocenters. The van der Waals surface area contributed by atoms with Crippen LogP contribution in [0.2, 0.25) is 10.0 Å². The molecule has 2 aromatic rings. The first-order valence-electron chi connectivity index (χ1n) is 6.01. The quantitative estimate of drug-likeness (QED) is 0.730. The highest BCUT2D eigenvalue weighted by atomic mass is 35.5. The maximum absolute atomic E-state index is 6.10. The summed E-state index contributed by atoms with van der Waals surface area (Å²) in [6, 6.07) is 9.10. The van der Waals surface area contributed by atoms with E-state index in [0.717, 1.165) is 12.2 Å². The maximum atomic E-state index is 6.10. The van der Waals surface area contributed by atoms with Crippen molar-refractivity contribution in [2.24, 2.45) is 0 Å². The van der Waals surface area contributed by atoms with E-state index in [9.17, 15) is 0 Å². The van der Waals surface area contributed by atoms with Crippen LogP contribution in [-0.4, -0.2) is 12.1 Å². The Morgan fingerprint density at radius 2 is 2.05 bits per heavy atom. The molecule has 0 radical (unpaired) electrons. The van der Waals surface area contributed by atoms with Crippen molar-refractivity contribution in [1.82, 2.24) is 5.06 Å². The summed E-state index contributed by atoms with van der Waals surface area (Å²) in [4.78, 5) is 5.76. The third-order valence-electron chi connectivity index (χ3n) is 2.86. The van der Waals surface area contributed by atoms with Crippen molar-refractivity contribution in [3.63, 3.8) is 0 Å². The highest BCUT2D eigenvalue weighted by Gasteiger charge is 2.20. The third kappa shape index (κ3) is 3.24. The SMILES string of the molecule is CCC(c1ccco1)N(C)Oc1cccc(Cl)c1Cl. The Bertz CT molecular complexity index is 528. The van der Waals surface area contributed by atoms with Gasteiger partial charge in [0.05, 0.1) is 11.3 Å². The van der Waals surface area contributed by atoms with Crippen molar-refractivity contribution < 1.29 is 9.25 Å². The van der Waals surface area contributed by atoms with Crippen LogP contribution in [0.5, 0.6) is 5.75 Å². The Balaban J connectivity index is 2.16. The van der Waals surface area contributed by atoms with Gasteiger partial charge in [-0.1, -0.05) is 36.2 Å². The molecule has 0 saturated carbocycles. The smallest absolute Gasteiger partial charge is 0.167 e. The first kappa shape index (κ1) is 14.3. The number of furan rings is 1. The van der Waals surface area contributed by atoms with Crippen molar-refractivity contribution >= 4 is 23.2 Å². The van der Waals surface area contributed by atoms with Crippen LogP contribution in [0.1, 0.15) is 25.1 Å². The Hall–Kier alpha value is -1.16. The number of rotatable bonds is 5. The summed E-state index contributed by atoms with van der Waals surface area (Å²) in [5.74, 6) is 1.38. The Morgan fingerprint density at radius 1 is 1.26 bits per heavy atom. The molecule has 1 atom stereocenters. The van der Waals surface area contributed by atoms with Gasteiger partial charge in [0.1, 0.15) is 16.8 Å². The lowest BCUT2D eigenvalue weighted by Crippen LogP contribution is -2.27. The molecule has 5 heteroatoms. The summed E-state index contributed by atoms with van der Waals surface area (Å²) in [5, 5.41) is 2.60. The van der Waals surface area contributed by atoms with E-state index in [2.05, 4.69) is 6.92 Å². The van der Waals surface area contributed by atoms with Gasteiger partial charge in [-0.15, -0.1) is 5.06 Å². The average molecular weight is 300 g/mol. The second-order valence-corrected chi connectivity index (χ2v) is 4.91. The van der Waals surface area contributed by atoms with Crippen LogP contribution in [0.4, 0.5) is 0 Å². The van der Waals surface area contributed by atoms with Gasteiger partial charge in [0, 0.05) is 7.05 Å². The molecule has 102 valence electrons. The lowest BCUT2D eigenvalue weighted by Gasteiger charge is -2.25. The monoisotopic (exact) mass is 299 g/mol. The minimum atomic E-state index is 0.0186. The van der Waals surface area contributed by atoms with E-state index in [1.807, 2.05) is 19.2 Å². The Labute approximate surface area is 122 Å². The van der Waals surface area contributed by atoms with Crippen molar-refractivity contribution in [2.75, 3.05) is 7.05 Å². The summed E-state index contributed by atoms with van der Waals surface area (Å²) >= 11 is 12.1. The summed E-state index contributed by atoms with van der Waals surface area (Å²) in [7, 11) is 1.84. The summed E-state index contributed by atoms with van der Waals surface area (Å²) < 4.78 is 5.42. The predicted molar refractivity (Wildman–Crippen MR) is 76.6 cm³/mol. The van der Waals surface area contributed by atoms with E-state index >= 15 is 0 Å². The minimum absolute atomic E-state index is 0.0186. The molecule has 0 N–H and O–H groups in total. The molecule has 1 aromatic carbocycles. The van der Waals surface area contributed by atoms with Gasteiger partial charge in [-0.2, -0.15) is 0 Å². The molecule has 1 aromatic heterocycles. The van der Waals surface area contributed by atoms with E-state index < -0.39 is 0 Å². The van der Waals surface area contributed by atoms with Gasteiger partial charge >= 0.3 is 0 Å². The van der Waals surface area contributed by atoms with Crippen molar-refractivity contribution in [2.45, 2.75) is 19.4 Å². The summed E-state index contributed by atoms with van der Waals surface area (Å²) in [6.45, 7) is 2.06. The van der Waals surface area contributed by atoms with Crippen LogP contribution >= 0.6 is 23.2 Å². The Kier molecular flexibility index (Phi) is 4.75. The zero-order valence-corrected chi connectivity index (χ0v) is 12.3. The summed E-state index contributed by atoms with van der Waals surface area (Å²) in [5.41, 5.74) is 0. The fourth-order valence-corrected chi connectivity index (χ4v) is 2.22. The van der Waals surface area contributed by atoms with E-state index in [1.165, 1.54) is 0 Å². The third-order valence-corrected chi connectivity index (χ3v) is 3.66. The molecule has 0 bridgehead atoms. The normalized spacial score (nSPS) is 12.7. The van der Waals surface area contributed by atoms with Crippen LogP contribution in [0.15, 0.2) is 41.0 Å². The molecule has 0 amide bonds. The number of hydrogen-bond acceptors (Lipinski definition) is 3. The van der Waals surface area contributed by atoms with Crippen LogP contribution in [0, 0.1) is 0 Å². The molecule has 0 saturated heterocycles. The number of nitrogens with zero attached hydrogens (tertiary/aromatic N) is 1. The van der Waals surface area contributed by atoms with Gasteiger partial charge in [0.15, 0.2) is 5.75 Å². The van der Waals surface area contributed by atoms with E-state index in [0.29, 0.717) is 15.8 Å². The number of hydrogen-bond donors (Lipinski definition) is 0. The Morgan fingerprint density at radius 3 is 2.68 bits per heavy atom. The topological polar surface area (TPSA) is 25.6 Å². The van der Waals surface area contributed by atoms with Crippen LogP contribution in [0.25, 0.3) is 0 Å². The van der Waals surface area contributed by atoms with Gasteiger partial charge in [0.2, 0.25) is 0 Å². The predicted octanol–water partition coefficient (Wildman–Crippen LogP) is 4.96. The standard InChI is InChI=1S/C14H15Cl2NO2/c1-3-11(12-8-5-9-18-12)17(2)19-13-7-4-6-10(15)14(13)16/h4-9,11H,3H2,1-2H3. The first-order chi connectivity index (χ1) is 9.13. The lowest BCUT2D eigenvalue weighted by atomic mass is 10.2. The molecule has 0 aliphatic rings. The molecule has 0 fully saturated rings. The molecule has 2 rings (SSSR count). The zero-order chi connectivity index (χ0) is 13.8. The molecular weight excluding hydrogens is 285 g/mol. The van der Waals surface area contributed by atoms with Crippen molar-refractivity contribution in [3.8, 4) is 5.75 Å². The fraction of sp³-hybridized carbons (Fsp3) is 0.286. The van der Waals surface area contributed by atoms with Crippen LogP contribution in [0.3, 0.4) is 0 Å². The highest BCUT2D eigenvalue weighted by molar-refractivity contribution is 6.42. The fourth-order valence-electron chi connectivity index (χ4n) is 1.89. The minimum Gasteiger partial charge on any atom is -0.468 e. The number of halogens is 2. The van der Waals surface area contributed by atoms with E-state index in [-0.39, 0.29) is 6.04 Å². The number of hydroxylamine groups is 2. The second-order valence-electron chi connectivity index (χ2n) is 4.13. The van der Waals surface area contributed by atoms with Gasteiger partial charge < -0.3 is 9.25 Å². The largest absolute Gasteiger partial charge is 0.468 e. The first-order valence-corrected chi connectivity index (χ1v) is 6.77. The second kappa shape index (κ2) is 6.33. The molecule has 19 heavy (non-hydrogen) atoms. The van der Waals surface area contributed by atoms with E-state index in [4.69, 9.17) is 32.5 Å². The molecule has 1 heterocycles. The molecule has 0 aliphatic heterocycles. The van der Waals surface area contributed by atoms with Crippen LogP contribution in [-0.2, 0) is 0 Å². The number of benzene rings is 1. The molecule has 0 spiro atoms. The average Bonchev–Trinajstić information content (AvgIpc) is 2.90. The van der Waals surface area contributed by atoms with Gasteiger partial charge in [-0.25, -0.2) is 0 Å².